The molecule has 1 aromatic rings. The summed E-state index contributed by atoms with van der Waals surface area (Å²) < 4.78 is 5.72. The molecule has 0 saturated heterocycles. The van der Waals surface area contributed by atoms with Crippen molar-refractivity contribution in [3.63, 3.8) is 0 Å². The van der Waals surface area contributed by atoms with Gasteiger partial charge in [-0.1, -0.05) is 32.5 Å². The molecule has 0 aliphatic heterocycles. The first-order chi connectivity index (χ1) is 8.79. The fourth-order valence-electron chi connectivity index (χ4n) is 1.46. The van der Waals surface area contributed by atoms with E-state index in [1.807, 2.05) is 12.3 Å². The van der Waals surface area contributed by atoms with Crippen LogP contribution in [0.3, 0.4) is 0 Å². The third-order valence-electron chi connectivity index (χ3n) is 2.48. The molecule has 0 spiro atoms. The van der Waals surface area contributed by atoms with Crippen molar-refractivity contribution < 1.29 is 4.43 Å². The number of nitrogens with zero attached hydrogens (tertiary/aromatic N) is 1. The maximum absolute atomic E-state index is 5.72. The highest BCUT2D eigenvalue weighted by atomic mass is 32.2. The van der Waals surface area contributed by atoms with E-state index in [-0.39, 0.29) is 5.41 Å². The highest BCUT2D eigenvalue weighted by Crippen LogP contribution is 2.38. The lowest BCUT2D eigenvalue weighted by Gasteiger charge is -2.22. The van der Waals surface area contributed by atoms with E-state index in [0.717, 1.165) is 5.03 Å². The Hall–Kier alpha value is -0.583. The quantitative estimate of drug-likeness (QED) is 0.581. The summed E-state index contributed by atoms with van der Waals surface area (Å²) in [5.41, 5.74) is 1.36. The van der Waals surface area contributed by atoms with E-state index in [4.69, 9.17) is 4.43 Å². The summed E-state index contributed by atoms with van der Waals surface area (Å²) >= 11 is 1.74. The number of hydrogen-bond donors (Lipinski definition) is 0. The van der Waals surface area contributed by atoms with Crippen molar-refractivity contribution in [2.75, 3.05) is 6.61 Å². The highest BCUT2D eigenvalue weighted by Gasteiger charge is 2.18. The van der Waals surface area contributed by atoms with Gasteiger partial charge < -0.3 is 4.43 Å². The lowest BCUT2D eigenvalue weighted by atomic mass is 9.96. The minimum Gasteiger partial charge on any atom is -0.413 e. The zero-order valence-electron chi connectivity index (χ0n) is 12.8. The van der Waals surface area contributed by atoms with E-state index < -0.39 is 9.04 Å². The second kappa shape index (κ2) is 7.27. The Labute approximate surface area is 123 Å². The maximum atomic E-state index is 5.72. The Morgan fingerprint density at radius 2 is 2.11 bits per heavy atom. The smallest absolute Gasteiger partial charge is 0.205 e. The molecular formula is C15H24NOSSi. The zero-order valence-corrected chi connectivity index (χ0v) is 14.6. The first-order valence-corrected chi connectivity index (χ1v) is 9.75. The summed E-state index contributed by atoms with van der Waals surface area (Å²) in [6.45, 7) is 13.8. The molecule has 0 aliphatic carbocycles. The van der Waals surface area contributed by atoms with E-state index in [2.05, 4.69) is 57.9 Å². The number of pyridine rings is 1. The van der Waals surface area contributed by atoms with Gasteiger partial charge in [0.05, 0.1) is 6.61 Å². The Morgan fingerprint density at radius 3 is 2.63 bits per heavy atom. The third kappa shape index (κ3) is 6.41. The summed E-state index contributed by atoms with van der Waals surface area (Å²) in [6, 6.07) is 4.15. The number of rotatable bonds is 5. The second-order valence-electron chi connectivity index (χ2n) is 5.81. The summed E-state index contributed by atoms with van der Waals surface area (Å²) in [6.07, 6.45) is 4.07. The molecule has 105 valence electrons. The number of aryl methyl sites for hydroxylation is 1. The lowest BCUT2D eigenvalue weighted by Crippen LogP contribution is -2.11. The number of allylic oxidation sites excluding steroid dienone is 1. The predicted octanol–water partition coefficient (Wildman–Crippen LogP) is 4.68. The van der Waals surface area contributed by atoms with Crippen LogP contribution in [0.5, 0.6) is 0 Å². The van der Waals surface area contributed by atoms with Gasteiger partial charge in [0.15, 0.2) is 0 Å². The van der Waals surface area contributed by atoms with Gasteiger partial charge in [-0.05, 0) is 54.1 Å². The highest BCUT2D eigenvalue weighted by molar-refractivity contribution is 8.03. The molecule has 0 fully saturated rings. The molecule has 0 aliphatic rings. The van der Waals surface area contributed by atoms with Crippen molar-refractivity contribution in [1.29, 1.82) is 0 Å². The van der Waals surface area contributed by atoms with Crippen LogP contribution in [0.2, 0.25) is 13.1 Å². The fraction of sp³-hybridized carbons (Fsp3) is 0.533. The molecule has 0 N–H and O–H groups in total. The Bertz CT molecular complexity index is 438. The average molecular weight is 295 g/mol. The largest absolute Gasteiger partial charge is 0.413 e. The van der Waals surface area contributed by atoms with Crippen LogP contribution in [0.15, 0.2) is 34.3 Å². The summed E-state index contributed by atoms with van der Waals surface area (Å²) in [7, 11) is -0.623. The van der Waals surface area contributed by atoms with Crippen molar-refractivity contribution in [3.8, 4) is 0 Å². The second-order valence-corrected chi connectivity index (χ2v) is 8.98. The minimum atomic E-state index is -0.623. The summed E-state index contributed by atoms with van der Waals surface area (Å²) in [5.74, 6) is 0. The Morgan fingerprint density at radius 1 is 1.42 bits per heavy atom. The normalized spacial score (nSPS) is 13.1. The van der Waals surface area contributed by atoms with Crippen LogP contribution in [0.4, 0.5) is 0 Å². The van der Waals surface area contributed by atoms with Crippen molar-refractivity contribution in [3.05, 3.63) is 34.9 Å². The third-order valence-corrected chi connectivity index (χ3v) is 4.66. The first kappa shape index (κ1) is 16.5. The molecule has 1 rings (SSSR count). The monoisotopic (exact) mass is 294 g/mol. The first-order valence-electron chi connectivity index (χ1n) is 6.53. The molecule has 0 aromatic carbocycles. The predicted molar refractivity (Wildman–Crippen MR) is 85.8 cm³/mol. The maximum Gasteiger partial charge on any atom is 0.205 e. The van der Waals surface area contributed by atoms with E-state index >= 15 is 0 Å². The van der Waals surface area contributed by atoms with E-state index in [0.29, 0.717) is 6.61 Å². The standard InChI is InChI=1S/C15H24NOSSi/c1-12-7-9-16-14(11-12)18-13(15(2,3)4)8-10-17-19(5)6/h7-9,11H,10H2,1-6H3. The molecule has 0 unspecified atom stereocenters. The summed E-state index contributed by atoms with van der Waals surface area (Å²) in [4.78, 5) is 5.74. The van der Waals surface area contributed by atoms with Crippen molar-refractivity contribution in [2.24, 2.45) is 5.41 Å². The van der Waals surface area contributed by atoms with Crippen LogP contribution in [-0.2, 0) is 4.43 Å². The molecule has 1 radical (unpaired) electrons. The SMILES string of the molecule is Cc1ccnc(SC(=CCO[Si](C)C)C(C)(C)C)c1. The summed E-state index contributed by atoms with van der Waals surface area (Å²) in [5, 5.41) is 1.06. The Kier molecular flexibility index (Phi) is 6.30. The molecule has 1 aromatic heterocycles. The molecule has 0 saturated carbocycles. The van der Waals surface area contributed by atoms with E-state index in [9.17, 15) is 0 Å². The number of aromatic nitrogens is 1. The van der Waals surface area contributed by atoms with Crippen LogP contribution < -0.4 is 0 Å². The van der Waals surface area contributed by atoms with Gasteiger partial charge in [-0.2, -0.15) is 0 Å². The minimum absolute atomic E-state index is 0.119. The zero-order chi connectivity index (χ0) is 14.5. The van der Waals surface area contributed by atoms with Gasteiger partial charge in [0, 0.05) is 6.20 Å². The van der Waals surface area contributed by atoms with Gasteiger partial charge in [-0.15, -0.1) is 0 Å². The lowest BCUT2D eigenvalue weighted by molar-refractivity contribution is 0.371. The van der Waals surface area contributed by atoms with Gasteiger partial charge >= 0.3 is 0 Å². The van der Waals surface area contributed by atoms with Crippen LogP contribution >= 0.6 is 11.8 Å². The van der Waals surface area contributed by atoms with Crippen LogP contribution in [-0.4, -0.2) is 20.6 Å². The van der Waals surface area contributed by atoms with Crippen molar-refractivity contribution in [2.45, 2.75) is 45.8 Å². The van der Waals surface area contributed by atoms with Gasteiger partial charge in [-0.3, -0.25) is 0 Å². The van der Waals surface area contributed by atoms with Crippen LogP contribution in [0, 0.1) is 12.3 Å². The number of hydrogen-bond acceptors (Lipinski definition) is 3. The van der Waals surface area contributed by atoms with Crippen molar-refractivity contribution in [1.82, 2.24) is 4.98 Å². The van der Waals surface area contributed by atoms with E-state index in [1.54, 1.807) is 11.8 Å². The molecular weight excluding hydrogens is 270 g/mol. The van der Waals surface area contributed by atoms with Gasteiger partial charge in [-0.25, -0.2) is 4.98 Å². The molecule has 4 heteroatoms. The molecule has 2 nitrogen and oxygen atoms in total. The van der Waals surface area contributed by atoms with Crippen LogP contribution in [0.25, 0.3) is 0 Å². The van der Waals surface area contributed by atoms with Gasteiger partial charge in [0.1, 0.15) is 5.03 Å². The topological polar surface area (TPSA) is 22.1 Å². The van der Waals surface area contributed by atoms with Gasteiger partial charge in [0.2, 0.25) is 9.04 Å². The molecule has 0 bridgehead atoms. The fourth-order valence-corrected chi connectivity index (χ4v) is 2.92. The number of thioether (sulfide) groups is 1. The van der Waals surface area contributed by atoms with Crippen LogP contribution in [0.1, 0.15) is 26.3 Å². The van der Waals surface area contributed by atoms with Gasteiger partial charge in [0.25, 0.3) is 0 Å². The Balaban J connectivity index is 2.81. The van der Waals surface area contributed by atoms with E-state index in [1.165, 1.54) is 10.5 Å². The van der Waals surface area contributed by atoms with Crippen molar-refractivity contribution >= 4 is 20.8 Å². The molecule has 0 amide bonds. The molecule has 1 heterocycles. The molecule has 0 atom stereocenters. The molecule has 19 heavy (non-hydrogen) atoms. The average Bonchev–Trinajstić information content (AvgIpc) is 2.26.